The van der Waals surface area contributed by atoms with E-state index >= 15 is 0 Å². The molecule has 0 unspecified atom stereocenters. The third kappa shape index (κ3) is 8.04. The average molecular weight is 767 g/mol. The van der Waals surface area contributed by atoms with Gasteiger partial charge in [0.05, 0.1) is 19.2 Å². The SMILES string of the molecule is CN(C)C(=O)C=Cc1ccc(CN2O[C@@H]3[C@H]4OC(C5CC5)(C5CC5)O[C@H]4[C@@H]4C[C@]3(C(=O)NCCC(=O)N[C@H](CO)CCC(=O)OC(C)(C)C)[C@@H]2C(=O)O4)cc1. The molecule has 3 saturated carbocycles. The number of nitrogens with one attached hydrogen (secondary N) is 2. The van der Waals surface area contributed by atoms with Gasteiger partial charge in [0.1, 0.15) is 35.4 Å². The van der Waals surface area contributed by atoms with E-state index in [1.54, 1.807) is 40.9 Å². The zero-order valence-corrected chi connectivity index (χ0v) is 32.3. The standard InChI is InChI=1S/C40H54N4O11/c1-38(2,3)52-31(48)17-15-27(22-45)42-29(46)18-19-41-37(50)39-20-28-32-33(54-40(53-32,25-11-12-25)26-13-14-26)35(39)55-44(34(39)36(49)51-28)21-24-8-6-23(7-9-24)10-16-30(47)43(4)5/h6-10,16,25-28,32-35,45H,11-15,17-22H2,1-5H3,(H,41,50)(H,42,46)/t27-,28-,32-,33-,34-,35+,39-/m0/s1. The molecule has 6 fully saturated rings. The summed E-state index contributed by atoms with van der Waals surface area (Å²) in [5, 5.41) is 17.0. The van der Waals surface area contributed by atoms with Gasteiger partial charge in [0, 0.05) is 57.8 Å². The summed E-state index contributed by atoms with van der Waals surface area (Å²) in [6, 6.07) is 5.73. The van der Waals surface area contributed by atoms with E-state index in [1.807, 2.05) is 24.3 Å². The van der Waals surface area contributed by atoms with Gasteiger partial charge in [0.2, 0.25) is 17.7 Å². The quantitative estimate of drug-likeness (QED) is 0.175. The van der Waals surface area contributed by atoms with Crippen LogP contribution in [0.1, 0.15) is 83.3 Å². The average Bonchev–Trinajstić information content (AvgIpc) is 4.08. The van der Waals surface area contributed by atoms with Gasteiger partial charge in [0.15, 0.2) is 11.8 Å². The van der Waals surface area contributed by atoms with Gasteiger partial charge in [-0.15, -0.1) is 0 Å². The molecule has 0 spiro atoms. The monoisotopic (exact) mass is 766 g/mol. The van der Waals surface area contributed by atoms with E-state index in [0.717, 1.165) is 36.8 Å². The van der Waals surface area contributed by atoms with E-state index in [0.29, 0.717) is 0 Å². The van der Waals surface area contributed by atoms with Crippen LogP contribution in [0.2, 0.25) is 0 Å². The van der Waals surface area contributed by atoms with Gasteiger partial charge in [0.25, 0.3) is 0 Å². The van der Waals surface area contributed by atoms with Crippen LogP contribution in [0.15, 0.2) is 30.3 Å². The van der Waals surface area contributed by atoms with E-state index in [9.17, 15) is 29.1 Å². The number of carbonyl (C=O) groups excluding carboxylic acids is 5. The molecule has 3 heterocycles. The fourth-order valence-electron chi connectivity index (χ4n) is 8.54. The number of hydroxylamine groups is 2. The first kappa shape index (κ1) is 39.3. The van der Waals surface area contributed by atoms with Crippen LogP contribution in [0, 0.1) is 17.3 Å². The summed E-state index contributed by atoms with van der Waals surface area (Å²) in [5.74, 6) is -2.30. The van der Waals surface area contributed by atoms with Crippen molar-refractivity contribution in [2.45, 2.75) is 127 Å². The highest BCUT2D eigenvalue weighted by Gasteiger charge is 2.78. The maximum atomic E-state index is 14.6. The Morgan fingerprint density at radius 2 is 1.71 bits per heavy atom. The Morgan fingerprint density at radius 1 is 1.04 bits per heavy atom. The summed E-state index contributed by atoms with van der Waals surface area (Å²) in [6.45, 7) is 5.05. The Hall–Kier alpha value is -3.89. The smallest absolute Gasteiger partial charge is 0.327 e. The number of ether oxygens (including phenoxy) is 4. The molecule has 7 rings (SSSR count). The molecule has 6 aliphatic rings. The van der Waals surface area contributed by atoms with Crippen LogP contribution in [0.3, 0.4) is 0 Å². The van der Waals surface area contributed by atoms with Crippen molar-refractivity contribution < 1.29 is 52.9 Å². The summed E-state index contributed by atoms with van der Waals surface area (Å²) < 4.78 is 25.1. The number of amides is 3. The van der Waals surface area contributed by atoms with Crippen LogP contribution in [0.25, 0.3) is 6.08 Å². The number of benzene rings is 1. The molecule has 7 atom stereocenters. The molecule has 2 bridgehead atoms. The minimum atomic E-state index is -1.39. The highest BCUT2D eigenvalue weighted by atomic mass is 16.8. The number of fused-ring (bicyclic) bond motifs is 4. The van der Waals surface area contributed by atoms with Crippen molar-refractivity contribution in [3.63, 3.8) is 0 Å². The lowest BCUT2D eigenvalue weighted by Crippen LogP contribution is -2.69. The van der Waals surface area contributed by atoms with Gasteiger partial charge >= 0.3 is 11.9 Å². The predicted octanol–water partition coefficient (Wildman–Crippen LogP) is 1.99. The molecule has 3 aliphatic carbocycles. The highest BCUT2D eigenvalue weighted by molar-refractivity contribution is 5.94. The Bertz CT molecular complexity index is 1670. The Kier molecular flexibility index (Phi) is 10.9. The number of esters is 2. The van der Waals surface area contributed by atoms with Crippen molar-refractivity contribution in [1.82, 2.24) is 20.6 Å². The van der Waals surface area contributed by atoms with Crippen LogP contribution in [-0.2, 0) is 54.3 Å². The van der Waals surface area contributed by atoms with Gasteiger partial charge < -0.3 is 39.6 Å². The molecule has 3 saturated heterocycles. The number of likely N-dealkylation sites (N-methyl/N-ethyl adjacent to an activating group) is 1. The molecule has 15 nitrogen and oxygen atoms in total. The predicted molar refractivity (Wildman–Crippen MR) is 195 cm³/mol. The number of rotatable bonds is 15. The van der Waals surface area contributed by atoms with Crippen molar-refractivity contribution in [3.05, 3.63) is 41.5 Å². The Morgan fingerprint density at radius 3 is 2.33 bits per heavy atom. The molecule has 1 aromatic rings. The third-order valence-corrected chi connectivity index (χ3v) is 11.4. The van der Waals surface area contributed by atoms with Crippen LogP contribution < -0.4 is 10.6 Å². The van der Waals surface area contributed by atoms with Gasteiger partial charge in [-0.05, 0) is 70.1 Å². The summed E-state index contributed by atoms with van der Waals surface area (Å²) in [4.78, 5) is 73.9. The van der Waals surface area contributed by atoms with Crippen molar-refractivity contribution in [2.75, 3.05) is 27.2 Å². The first-order valence-electron chi connectivity index (χ1n) is 19.5. The molecule has 0 radical (unpaired) electrons. The summed E-state index contributed by atoms with van der Waals surface area (Å²) >= 11 is 0. The van der Waals surface area contributed by atoms with Crippen molar-refractivity contribution >= 4 is 35.7 Å². The molecule has 3 aliphatic heterocycles. The van der Waals surface area contributed by atoms with Crippen molar-refractivity contribution in [3.8, 4) is 0 Å². The third-order valence-electron chi connectivity index (χ3n) is 11.4. The number of aliphatic hydroxyl groups is 1. The minimum Gasteiger partial charge on any atom is -0.460 e. The summed E-state index contributed by atoms with van der Waals surface area (Å²) in [6.07, 6.45) is 4.62. The second kappa shape index (κ2) is 15.2. The van der Waals surface area contributed by atoms with Crippen molar-refractivity contribution in [2.24, 2.45) is 17.3 Å². The maximum Gasteiger partial charge on any atom is 0.327 e. The van der Waals surface area contributed by atoms with Gasteiger partial charge in [-0.1, -0.05) is 24.3 Å². The second-order valence-electron chi connectivity index (χ2n) is 17.0. The molecule has 1 aromatic carbocycles. The summed E-state index contributed by atoms with van der Waals surface area (Å²) in [7, 11) is 3.36. The molecule has 3 amide bonds. The van der Waals surface area contributed by atoms with Crippen LogP contribution in [0.5, 0.6) is 0 Å². The van der Waals surface area contributed by atoms with E-state index < -0.39 is 77.1 Å². The Labute approximate surface area is 321 Å². The molecule has 15 heteroatoms. The summed E-state index contributed by atoms with van der Waals surface area (Å²) in [5.41, 5.74) is -0.401. The molecule has 3 N–H and O–H groups in total. The van der Waals surface area contributed by atoms with Crippen molar-refractivity contribution in [1.29, 1.82) is 0 Å². The largest absolute Gasteiger partial charge is 0.460 e. The zero-order chi connectivity index (χ0) is 39.3. The van der Waals surface area contributed by atoms with E-state index in [2.05, 4.69) is 10.6 Å². The minimum absolute atomic E-state index is 0.0221. The van der Waals surface area contributed by atoms with E-state index in [-0.39, 0.29) is 63.1 Å². The van der Waals surface area contributed by atoms with Gasteiger partial charge in [-0.2, -0.15) is 5.06 Å². The molecule has 55 heavy (non-hydrogen) atoms. The zero-order valence-electron chi connectivity index (χ0n) is 32.3. The number of carbonyl (C=O) groups is 5. The molecule has 0 aromatic heterocycles. The second-order valence-corrected chi connectivity index (χ2v) is 17.0. The van der Waals surface area contributed by atoms with Crippen LogP contribution >= 0.6 is 0 Å². The number of hydrogen-bond acceptors (Lipinski definition) is 12. The van der Waals surface area contributed by atoms with E-state index in [4.69, 9.17) is 23.8 Å². The first-order valence-corrected chi connectivity index (χ1v) is 19.5. The molecule has 300 valence electrons. The van der Waals surface area contributed by atoms with Gasteiger partial charge in [-0.25, -0.2) is 0 Å². The first-order chi connectivity index (χ1) is 26.1. The number of aliphatic hydroxyl groups excluding tert-OH is 1. The number of nitrogens with zero attached hydrogens (tertiary/aromatic N) is 2. The van der Waals surface area contributed by atoms with Crippen LogP contribution in [-0.4, -0.2) is 120 Å². The van der Waals surface area contributed by atoms with Crippen LogP contribution in [0.4, 0.5) is 0 Å². The lowest BCUT2D eigenvalue weighted by atomic mass is 9.62. The number of hydrogen-bond donors (Lipinski definition) is 3. The lowest BCUT2D eigenvalue weighted by Gasteiger charge is -2.48. The maximum absolute atomic E-state index is 14.6. The molecular weight excluding hydrogens is 712 g/mol. The normalized spacial score (nSPS) is 30.0. The Balaban J connectivity index is 1.07. The fourth-order valence-corrected chi connectivity index (χ4v) is 8.54. The highest BCUT2D eigenvalue weighted by Crippen LogP contribution is 2.63. The van der Waals surface area contributed by atoms with E-state index in [1.165, 1.54) is 16.0 Å². The topological polar surface area (TPSA) is 182 Å². The van der Waals surface area contributed by atoms with Gasteiger partial charge in [-0.3, -0.25) is 28.8 Å². The lowest BCUT2D eigenvalue weighted by molar-refractivity contribution is -0.235. The fraction of sp³-hybridized carbons (Fsp3) is 0.675. The molecular formula is C40H54N4O11.